The summed E-state index contributed by atoms with van der Waals surface area (Å²) >= 11 is 0. The fourth-order valence-electron chi connectivity index (χ4n) is 2.36. The molecule has 1 atom stereocenters. The highest BCUT2D eigenvalue weighted by Gasteiger charge is 2.15. The molecule has 1 fully saturated rings. The average Bonchev–Trinajstić information content (AvgIpc) is 2.29. The van der Waals surface area contributed by atoms with Crippen molar-refractivity contribution in [3.05, 3.63) is 0 Å². The van der Waals surface area contributed by atoms with E-state index in [1.54, 1.807) is 0 Å². The van der Waals surface area contributed by atoms with Crippen molar-refractivity contribution in [3.63, 3.8) is 0 Å². The third kappa shape index (κ3) is 7.28. The molecule has 2 N–H and O–H groups in total. The predicted molar refractivity (Wildman–Crippen MR) is 76.0 cm³/mol. The van der Waals surface area contributed by atoms with Gasteiger partial charge in [0.2, 0.25) is 0 Å². The third-order valence-corrected chi connectivity index (χ3v) is 3.35. The second-order valence-corrected chi connectivity index (χ2v) is 5.62. The van der Waals surface area contributed by atoms with Crippen molar-refractivity contribution in [2.45, 2.75) is 12.5 Å². The molecule has 1 unspecified atom stereocenters. The van der Waals surface area contributed by atoms with E-state index in [-0.39, 0.29) is 6.10 Å². The van der Waals surface area contributed by atoms with Gasteiger partial charge in [-0.1, -0.05) is 0 Å². The van der Waals surface area contributed by atoms with Gasteiger partial charge in [-0.2, -0.15) is 0 Å². The Morgan fingerprint density at radius 1 is 1.17 bits per heavy atom. The monoisotopic (exact) mass is 258 g/mol. The lowest BCUT2D eigenvalue weighted by atomic mass is 10.2. The Labute approximate surface area is 112 Å². The van der Waals surface area contributed by atoms with Crippen LogP contribution in [0.4, 0.5) is 0 Å². The van der Waals surface area contributed by atoms with Gasteiger partial charge in [0.15, 0.2) is 0 Å². The minimum Gasteiger partial charge on any atom is -0.390 e. The lowest BCUT2D eigenvalue weighted by Crippen LogP contribution is -2.48. The van der Waals surface area contributed by atoms with Crippen molar-refractivity contribution in [2.24, 2.45) is 0 Å². The smallest absolute Gasteiger partial charge is 0.0793 e. The average molecular weight is 258 g/mol. The van der Waals surface area contributed by atoms with Crippen LogP contribution >= 0.6 is 0 Å². The van der Waals surface area contributed by atoms with E-state index in [2.05, 4.69) is 41.2 Å². The summed E-state index contributed by atoms with van der Waals surface area (Å²) < 4.78 is 0. The van der Waals surface area contributed by atoms with Crippen LogP contribution in [0.5, 0.6) is 0 Å². The van der Waals surface area contributed by atoms with Gasteiger partial charge in [-0.05, 0) is 40.7 Å². The Balaban J connectivity index is 2.08. The maximum Gasteiger partial charge on any atom is 0.0793 e. The Hall–Kier alpha value is -0.200. The molecule has 0 radical (unpaired) electrons. The molecule has 0 saturated carbocycles. The molecule has 0 aromatic carbocycles. The standard InChI is InChI=1S/C13H30N4O/c1-15(2)7-4-8-16(3)11-13(18)12-17-9-5-14-6-10-17/h13-14,18H,4-12H2,1-3H3. The Morgan fingerprint density at radius 2 is 1.83 bits per heavy atom. The molecule has 0 aromatic rings. The van der Waals surface area contributed by atoms with Crippen molar-refractivity contribution in [2.75, 3.05) is 73.5 Å². The van der Waals surface area contributed by atoms with Gasteiger partial charge in [-0.25, -0.2) is 0 Å². The van der Waals surface area contributed by atoms with Crippen molar-refractivity contribution < 1.29 is 5.11 Å². The number of piperazine rings is 1. The van der Waals surface area contributed by atoms with Gasteiger partial charge in [0.1, 0.15) is 0 Å². The quantitative estimate of drug-likeness (QED) is 0.593. The van der Waals surface area contributed by atoms with Crippen LogP contribution in [0.3, 0.4) is 0 Å². The van der Waals surface area contributed by atoms with Crippen LogP contribution in [0.1, 0.15) is 6.42 Å². The first kappa shape index (κ1) is 15.9. The maximum atomic E-state index is 10.1. The SMILES string of the molecule is CN(C)CCCN(C)CC(O)CN1CCNCC1. The molecule has 0 aliphatic carbocycles. The fourth-order valence-corrected chi connectivity index (χ4v) is 2.36. The molecule has 1 aliphatic heterocycles. The number of aliphatic hydroxyl groups is 1. The van der Waals surface area contributed by atoms with Crippen molar-refractivity contribution >= 4 is 0 Å². The number of nitrogens with zero attached hydrogens (tertiary/aromatic N) is 3. The summed E-state index contributed by atoms with van der Waals surface area (Å²) in [5.74, 6) is 0. The molecule has 0 bridgehead atoms. The van der Waals surface area contributed by atoms with Crippen LogP contribution in [0, 0.1) is 0 Å². The lowest BCUT2D eigenvalue weighted by Gasteiger charge is -2.30. The topological polar surface area (TPSA) is 42.0 Å². The predicted octanol–water partition coefficient (Wildman–Crippen LogP) is -0.864. The maximum absolute atomic E-state index is 10.1. The molecule has 108 valence electrons. The number of rotatable bonds is 8. The van der Waals surface area contributed by atoms with Crippen LogP contribution < -0.4 is 5.32 Å². The highest BCUT2D eigenvalue weighted by Crippen LogP contribution is 1.98. The van der Waals surface area contributed by atoms with Crippen LogP contribution in [0.2, 0.25) is 0 Å². The van der Waals surface area contributed by atoms with Gasteiger partial charge in [0.05, 0.1) is 6.10 Å². The molecule has 18 heavy (non-hydrogen) atoms. The summed E-state index contributed by atoms with van der Waals surface area (Å²) in [6, 6.07) is 0. The zero-order chi connectivity index (χ0) is 13.4. The molecule has 0 spiro atoms. The van der Waals surface area contributed by atoms with Gasteiger partial charge in [0, 0.05) is 39.3 Å². The normalized spacial score (nSPS) is 19.7. The molecule has 1 heterocycles. The summed E-state index contributed by atoms with van der Waals surface area (Å²) in [4.78, 5) is 6.77. The summed E-state index contributed by atoms with van der Waals surface area (Å²) in [5.41, 5.74) is 0. The fraction of sp³-hybridized carbons (Fsp3) is 1.00. The number of β-amino-alcohol motifs (C(OH)–C–C–N with tert-alkyl or cyclic N) is 1. The molecule has 0 amide bonds. The minimum atomic E-state index is -0.229. The van der Waals surface area contributed by atoms with E-state index < -0.39 is 0 Å². The number of likely N-dealkylation sites (N-methyl/N-ethyl adjacent to an activating group) is 1. The number of hydrogen-bond acceptors (Lipinski definition) is 5. The lowest BCUT2D eigenvalue weighted by molar-refractivity contribution is 0.0762. The number of nitrogens with one attached hydrogen (secondary N) is 1. The van der Waals surface area contributed by atoms with Crippen LogP contribution in [-0.4, -0.2) is 99.4 Å². The van der Waals surface area contributed by atoms with Crippen molar-refractivity contribution in [1.82, 2.24) is 20.0 Å². The summed E-state index contributed by atoms with van der Waals surface area (Å²) in [6.07, 6.45) is 0.927. The van der Waals surface area contributed by atoms with E-state index in [1.807, 2.05) is 0 Å². The minimum absolute atomic E-state index is 0.229. The Kier molecular flexibility index (Phi) is 7.77. The van der Waals surface area contributed by atoms with Crippen molar-refractivity contribution in [3.8, 4) is 0 Å². The second-order valence-electron chi connectivity index (χ2n) is 5.62. The van der Waals surface area contributed by atoms with Gasteiger partial charge in [-0.15, -0.1) is 0 Å². The van der Waals surface area contributed by atoms with E-state index in [0.29, 0.717) is 0 Å². The first-order valence-electron chi connectivity index (χ1n) is 7.02. The molecule has 5 nitrogen and oxygen atoms in total. The summed E-state index contributed by atoms with van der Waals surface area (Å²) in [5, 5.41) is 13.4. The highest BCUT2D eigenvalue weighted by molar-refractivity contribution is 4.72. The summed E-state index contributed by atoms with van der Waals surface area (Å²) in [6.45, 7) is 7.95. The number of aliphatic hydroxyl groups excluding tert-OH is 1. The van der Waals surface area contributed by atoms with E-state index >= 15 is 0 Å². The zero-order valence-electron chi connectivity index (χ0n) is 12.2. The van der Waals surface area contributed by atoms with E-state index in [1.165, 1.54) is 0 Å². The zero-order valence-corrected chi connectivity index (χ0v) is 12.2. The third-order valence-electron chi connectivity index (χ3n) is 3.35. The number of hydrogen-bond donors (Lipinski definition) is 2. The van der Waals surface area contributed by atoms with Crippen LogP contribution in [0.25, 0.3) is 0 Å². The largest absolute Gasteiger partial charge is 0.390 e. The Bertz CT molecular complexity index is 207. The van der Waals surface area contributed by atoms with Crippen molar-refractivity contribution in [1.29, 1.82) is 0 Å². The molecule has 0 aromatic heterocycles. The van der Waals surface area contributed by atoms with Crippen LogP contribution in [0.15, 0.2) is 0 Å². The second kappa shape index (κ2) is 8.82. The molecular weight excluding hydrogens is 228 g/mol. The van der Waals surface area contributed by atoms with Gasteiger partial charge in [0.25, 0.3) is 0 Å². The van der Waals surface area contributed by atoms with E-state index in [9.17, 15) is 5.11 Å². The molecule has 5 heteroatoms. The first-order chi connectivity index (χ1) is 8.58. The van der Waals surface area contributed by atoms with E-state index in [0.717, 1.165) is 58.8 Å². The highest BCUT2D eigenvalue weighted by atomic mass is 16.3. The molecule has 1 saturated heterocycles. The molecule has 1 rings (SSSR count). The Morgan fingerprint density at radius 3 is 2.44 bits per heavy atom. The van der Waals surface area contributed by atoms with Gasteiger partial charge < -0.3 is 20.2 Å². The molecular formula is C13H30N4O. The summed E-state index contributed by atoms with van der Waals surface area (Å²) in [7, 11) is 6.29. The van der Waals surface area contributed by atoms with E-state index in [4.69, 9.17) is 0 Å². The first-order valence-corrected chi connectivity index (χ1v) is 7.02. The van der Waals surface area contributed by atoms with Crippen LogP contribution in [-0.2, 0) is 0 Å². The van der Waals surface area contributed by atoms with Gasteiger partial charge >= 0.3 is 0 Å². The molecule has 1 aliphatic rings. The van der Waals surface area contributed by atoms with Gasteiger partial charge in [-0.3, -0.25) is 4.90 Å².